The van der Waals surface area contributed by atoms with Gasteiger partial charge in [-0.1, -0.05) is 0 Å². The summed E-state index contributed by atoms with van der Waals surface area (Å²) in [5, 5.41) is 1.15. The Bertz CT molecular complexity index is 237. The average molecular weight is 171 g/mol. The van der Waals surface area contributed by atoms with Crippen LogP contribution in [0.2, 0.25) is 0 Å². The molecule has 1 fully saturated rings. The van der Waals surface area contributed by atoms with Crippen molar-refractivity contribution in [3.05, 3.63) is 0 Å². The summed E-state index contributed by atoms with van der Waals surface area (Å²) < 4.78 is 2.17. The first-order chi connectivity index (χ1) is 5.29. The van der Waals surface area contributed by atoms with Gasteiger partial charge in [0.05, 0.1) is 20.1 Å². The minimum Gasteiger partial charge on any atom is -0.258 e. The standard InChI is InChI=1S/C7H11N2OS/c1-8-3-2-4-9-6(10)5-11-7(8)9/h2-5H2,1H3/q+1. The summed E-state index contributed by atoms with van der Waals surface area (Å²) in [4.78, 5) is 13.1. The Morgan fingerprint density at radius 3 is 3.18 bits per heavy atom. The van der Waals surface area contributed by atoms with Crippen LogP contribution < -0.4 is 0 Å². The van der Waals surface area contributed by atoms with Crippen molar-refractivity contribution in [2.24, 2.45) is 0 Å². The van der Waals surface area contributed by atoms with Gasteiger partial charge in [0.1, 0.15) is 5.75 Å². The average Bonchev–Trinajstić information content (AvgIpc) is 2.35. The first-order valence-electron chi connectivity index (χ1n) is 3.80. The van der Waals surface area contributed by atoms with E-state index >= 15 is 0 Å². The van der Waals surface area contributed by atoms with Crippen LogP contribution in [-0.2, 0) is 4.79 Å². The molecule has 0 bridgehead atoms. The minimum absolute atomic E-state index is 0.275. The Hall–Kier alpha value is -0.510. The lowest BCUT2D eigenvalue weighted by Crippen LogP contribution is -2.40. The second-order valence-corrected chi connectivity index (χ2v) is 3.83. The molecule has 2 heterocycles. The molecule has 60 valence electrons. The van der Waals surface area contributed by atoms with E-state index in [-0.39, 0.29) is 5.91 Å². The van der Waals surface area contributed by atoms with Crippen molar-refractivity contribution in [1.82, 2.24) is 4.90 Å². The number of amides is 1. The predicted molar refractivity (Wildman–Crippen MR) is 44.8 cm³/mol. The van der Waals surface area contributed by atoms with Crippen molar-refractivity contribution in [2.75, 3.05) is 25.9 Å². The topological polar surface area (TPSA) is 23.3 Å². The molecule has 0 N–H and O–H groups in total. The predicted octanol–water partition coefficient (Wildman–Crippen LogP) is -0.0362. The van der Waals surface area contributed by atoms with Crippen molar-refractivity contribution >= 4 is 22.8 Å². The summed E-state index contributed by atoms with van der Waals surface area (Å²) in [5.74, 6) is 0.913. The number of hydrogen-bond acceptors (Lipinski definition) is 2. The summed E-state index contributed by atoms with van der Waals surface area (Å²) in [5.41, 5.74) is 0. The lowest BCUT2D eigenvalue weighted by Gasteiger charge is -2.16. The molecule has 2 aliphatic heterocycles. The van der Waals surface area contributed by atoms with Crippen molar-refractivity contribution < 1.29 is 9.37 Å². The van der Waals surface area contributed by atoms with E-state index in [0.717, 1.165) is 24.7 Å². The monoisotopic (exact) mass is 171 g/mol. The van der Waals surface area contributed by atoms with E-state index in [9.17, 15) is 4.79 Å². The van der Waals surface area contributed by atoms with Gasteiger partial charge in [-0.05, 0) is 11.8 Å². The summed E-state index contributed by atoms with van der Waals surface area (Å²) in [6.07, 6.45) is 1.10. The Kier molecular flexibility index (Phi) is 1.64. The van der Waals surface area contributed by atoms with Crippen LogP contribution in [0.3, 0.4) is 0 Å². The van der Waals surface area contributed by atoms with Crippen LogP contribution in [0.5, 0.6) is 0 Å². The quantitative estimate of drug-likeness (QED) is 0.478. The highest BCUT2D eigenvalue weighted by molar-refractivity contribution is 8.14. The van der Waals surface area contributed by atoms with Gasteiger partial charge < -0.3 is 0 Å². The number of thioether (sulfide) groups is 1. The molecule has 0 saturated carbocycles. The molecule has 2 rings (SSSR count). The van der Waals surface area contributed by atoms with Gasteiger partial charge in [-0.15, -0.1) is 0 Å². The van der Waals surface area contributed by atoms with E-state index in [0.29, 0.717) is 5.75 Å². The number of amidine groups is 1. The molecule has 0 aliphatic carbocycles. The minimum atomic E-state index is 0.275. The highest BCUT2D eigenvalue weighted by atomic mass is 32.2. The van der Waals surface area contributed by atoms with Gasteiger partial charge in [-0.25, -0.2) is 4.79 Å². The molecule has 3 nitrogen and oxygen atoms in total. The van der Waals surface area contributed by atoms with Gasteiger partial charge in [0.2, 0.25) is 0 Å². The third-order valence-corrected chi connectivity index (χ3v) is 3.24. The molecule has 0 aromatic heterocycles. The van der Waals surface area contributed by atoms with Crippen LogP contribution in [0.15, 0.2) is 0 Å². The molecule has 0 aromatic rings. The Labute approximate surface area is 70.1 Å². The summed E-state index contributed by atoms with van der Waals surface area (Å²) in [6, 6.07) is 0. The summed E-state index contributed by atoms with van der Waals surface area (Å²) >= 11 is 1.66. The number of rotatable bonds is 0. The van der Waals surface area contributed by atoms with Crippen LogP contribution in [0, 0.1) is 0 Å². The van der Waals surface area contributed by atoms with Gasteiger partial charge in [-0.3, -0.25) is 4.58 Å². The third-order valence-electron chi connectivity index (χ3n) is 2.06. The molecule has 0 atom stereocenters. The molecule has 2 aliphatic rings. The van der Waals surface area contributed by atoms with E-state index in [2.05, 4.69) is 4.58 Å². The van der Waals surface area contributed by atoms with E-state index in [1.165, 1.54) is 0 Å². The maximum Gasteiger partial charge on any atom is 0.320 e. The second kappa shape index (κ2) is 2.52. The smallest absolute Gasteiger partial charge is 0.258 e. The van der Waals surface area contributed by atoms with Crippen LogP contribution in [-0.4, -0.2) is 46.4 Å². The molecule has 0 spiro atoms. The molecule has 0 unspecified atom stereocenters. The van der Waals surface area contributed by atoms with E-state index in [4.69, 9.17) is 0 Å². The molecule has 0 aromatic carbocycles. The van der Waals surface area contributed by atoms with E-state index < -0.39 is 0 Å². The molecule has 11 heavy (non-hydrogen) atoms. The van der Waals surface area contributed by atoms with Gasteiger partial charge in [-0.2, -0.15) is 4.90 Å². The van der Waals surface area contributed by atoms with Crippen LogP contribution in [0.4, 0.5) is 0 Å². The fourth-order valence-corrected chi connectivity index (χ4v) is 2.56. The molecule has 4 heteroatoms. The number of carbonyl (C=O) groups is 1. The Morgan fingerprint density at radius 2 is 2.45 bits per heavy atom. The second-order valence-electron chi connectivity index (χ2n) is 2.89. The molecular formula is C7H11N2OS+. The van der Waals surface area contributed by atoms with Crippen molar-refractivity contribution in [2.45, 2.75) is 6.42 Å². The van der Waals surface area contributed by atoms with Crippen LogP contribution >= 0.6 is 11.8 Å². The SMILES string of the molecule is C[N+]1=C2SCC(=O)N2CCC1. The Balaban J connectivity index is 2.33. The number of fused-ring (bicyclic) bond motifs is 1. The van der Waals surface area contributed by atoms with Gasteiger partial charge in [0.25, 0.3) is 0 Å². The lowest BCUT2D eigenvalue weighted by atomic mass is 10.3. The van der Waals surface area contributed by atoms with Crippen LogP contribution in [0.1, 0.15) is 6.42 Å². The van der Waals surface area contributed by atoms with E-state index in [1.54, 1.807) is 11.8 Å². The zero-order valence-electron chi connectivity index (χ0n) is 6.54. The largest absolute Gasteiger partial charge is 0.320 e. The number of carbonyl (C=O) groups excluding carboxylic acids is 1. The number of nitrogens with zero attached hydrogens (tertiary/aromatic N) is 2. The highest BCUT2D eigenvalue weighted by Gasteiger charge is 2.38. The molecular weight excluding hydrogens is 160 g/mol. The molecule has 1 amide bonds. The van der Waals surface area contributed by atoms with Crippen molar-refractivity contribution in [3.8, 4) is 0 Å². The van der Waals surface area contributed by atoms with E-state index in [1.807, 2.05) is 11.9 Å². The molecule has 1 saturated heterocycles. The first kappa shape index (κ1) is 7.16. The van der Waals surface area contributed by atoms with Gasteiger partial charge >= 0.3 is 11.1 Å². The third kappa shape index (κ3) is 1.05. The maximum absolute atomic E-state index is 11.2. The summed E-state index contributed by atoms with van der Waals surface area (Å²) in [7, 11) is 2.05. The van der Waals surface area contributed by atoms with Gasteiger partial charge in [0.15, 0.2) is 0 Å². The highest BCUT2D eigenvalue weighted by Crippen LogP contribution is 2.21. The number of hydrogen-bond donors (Lipinski definition) is 0. The maximum atomic E-state index is 11.2. The first-order valence-corrected chi connectivity index (χ1v) is 4.79. The fourth-order valence-electron chi connectivity index (χ4n) is 1.49. The van der Waals surface area contributed by atoms with Crippen molar-refractivity contribution in [3.63, 3.8) is 0 Å². The lowest BCUT2D eigenvalue weighted by molar-refractivity contribution is -0.504. The fraction of sp³-hybridized carbons (Fsp3) is 0.714. The van der Waals surface area contributed by atoms with Crippen molar-refractivity contribution in [1.29, 1.82) is 0 Å². The van der Waals surface area contributed by atoms with Gasteiger partial charge in [0, 0.05) is 6.42 Å². The van der Waals surface area contributed by atoms with Crippen LogP contribution in [0.25, 0.3) is 0 Å². The normalized spacial score (nSPS) is 24.5. The zero-order valence-corrected chi connectivity index (χ0v) is 7.36. The Morgan fingerprint density at radius 1 is 1.64 bits per heavy atom. The summed E-state index contributed by atoms with van der Waals surface area (Å²) in [6.45, 7) is 2.01. The zero-order chi connectivity index (χ0) is 7.84. The molecule has 0 radical (unpaired) electrons.